The number of benzene rings is 1. The lowest BCUT2D eigenvalue weighted by Gasteiger charge is -2.10. The van der Waals surface area contributed by atoms with Crippen molar-refractivity contribution < 1.29 is 18.0 Å². The molecule has 1 rings (SSSR count). The molecule has 0 heterocycles. The molecule has 6 heteroatoms. The molecule has 0 saturated carbocycles. The van der Waals surface area contributed by atoms with Crippen molar-refractivity contribution in [2.24, 2.45) is 5.73 Å². The fraction of sp³-hybridized carbons (Fsp3) is 0.100. The van der Waals surface area contributed by atoms with Gasteiger partial charge in [-0.05, 0) is 23.8 Å². The number of primary amides is 1. The third kappa shape index (κ3) is 3.37. The summed E-state index contributed by atoms with van der Waals surface area (Å²) in [6, 6.07) is 3.66. The summed E-state index contributed by atoms with van der Waals surface area (Å²) in [5.41, 5.74) is 3.89. The number of hydrogen-bond acceptors (Lipinski definition) is 1. The van der Waals surface area contributed by atoms with Crippen molar-refractivity contribution in [2.75, 3.05) is 0 Å². The summed E-state index contributed by atoms with van der Waals surface area (Å²) in [6.45, 7) is 0. The number of rotatable bonds is 2. The van der Waals surface area contributed by atoms with Crippen molar-refractivity contribution in [2.45, 2.75) is 6.18 Å². The maximum Gasteiger partial charge on any atom is 0.417 e. The van der Waals surface area contributed by atoms with E-state index in [2.05, 4.69) is 15.9 Å². The number of carbonyl (C=O) groups is 1. The zero-order valence-corrected chi connectivity index (χ0v) is 9.47. The lowest BCUT2D eigenvalue weighted by atomic mass is 10.1. The van der Waals surface area contributed by atoms with Crippen LogP contribution in [0.5, 0.6) is 0 Å². The predicted molar refractivity (Wildman–Crippen MR) is 57.4 cm³/mol. The lowest BCUT2D eigenvalue weighted by Crippen LogP contribution is -2.08. The summed E-state index contributed by atoms with van der Waals surface area (Å²) < 4.78 is 38.1. The molecule has 1 aromatic rings. The van der Waals surface area contributed by atoms with E-state index in [4.69, 9.17) is 5.73 Å². The second-order valence-corrected chi connectivity index (χ2v) is 3.88. The van der Waals surface area contributed by atoms with Gasteiger partial charge in [0.15, 0.2) is 0 Å². The van der Waals surface area contributed by atoms with Crippen LogP contribution in [-0.4, -0.2) is 5.91 Å². The van der Waals surface area contributed by atoms with Gasteiger partial charge < -0.3 is 5.73 Å². The van der Waals surface area contributed by atoms with Crippen LogP contribution in [0.2, 0.25) is 0 Å². The first-order valence-corrected chi connectivity index (χ1v) is 4.94. The van der Waals surface area contributed by atoms with Crippen LogP contribution >= 0.6 is 15.9 Å². The Balaban J connectivity index is 3.23. The Morgan fingerprint density at radius 1 is 1.38 bits per heavy atom. The maximum atomic E-state index is 12.6. The monoisotopic (exact) mass is 293 g/mol. The van der Waals surface area contributed by atoms with Crippen LogP contribution in [0.1, 0.15) is 11.1 Å². The standard InChI is InChI=1S/C10H7BrF3NO/c11-7-3-1-6(2-4-9(15)16)8(5-7)10(12,13)14/h1-5H,(H2,15,16). The van der Waals surface area contributed by atoms with E-state index in [9.17, 15) is 18.0 Å². The summed E-state index contributed by atoms with van der Waals surface area (Å²) >= 11 is 2.95. The molecule has 0 radical (unpaired) electrons. The number of hydrogen-bond donors (Lipinski definition) is 1. The van der Waals surface area contributed by atoms with Gasteiger partial charge in [0.1, 0.15) is 0 Å². The van der Waals surface area contributed by atoms with E-state index in [1.165, 1.54) is 12.1 Å². The van der Waals surface area contributed by atoms with Gasteiger partial charge in [-0.3, -0.25) is 4.79 Å². The molecule has 86 valence electrons. The lowest BCUT2D eigenvalue weighted by molar-refractivity contribution is -0.137. The van der Waals surface area contributed by atoms with Gasteiger partial charge in [-0.25, -0.2) is 0 Å². The Labute approximate surface area is 98.1 Å². The molecule has 0 fully saturated rings. The number of carbonyl (C=O) groups excluding carboxylic acids is 1. The summed E-state index contributed by atoms with van der Waals surface area (Å²) in [5, 5.41) is 0. The van der Waals surface area contributed by atoms with Crippen LogP contribution in [0.15, 0.2) is 28.7 Å². The van der Waals surface area contributed by atoms with Gasteiger partial charge in [-0.15, -0.1) is 0 Å². The third-order valence-corrected chi connectivity index (χ3v) is 2.24. The fourth-order valence-electron chi connectivity index (χ4n) is 1.09. The molecular formula is C10H7BrF3NO. The molecule has 2 N–H and O–H groups in total. The molecule has 0 saturated heterocycles. The van der Waals surface area contributed by atoms with Gasteiger partial charge in [-0.2, -0.15) is 13.2 Å². The van der Waals surface area contributed by atoms with Crippen molar-refractivity contribution >= 4 is 27.9 Å². The van der Waals surface area contributed by atoms with E-state index in [1.807, 2.05) is 0 Å². The van der Waals surface area contributed by atoms with Gasteiger partial charge in [0.25, 0.3) is 0 Å². The molecule has 0 aliphatic carbocycles. The number of halogens is 4. The van der Waals surface area contributed by atoms with E-state index in [0.29, 0.717) is 4.47 Å². The highest BCUT2D eigenvalue weighted by Crippen LogP contribution is 2.34. The van der Waals surface area contributed by atoms with Crippen LogP contribution in [0.3, 0.4) is 0 Å². The molecule has 16 heavy (non-hydrogen) atoms. The van der Waals surface area contributed by atoms with Crippen molar-refractivity contribution in [3.63, 3.8) is 0 Å². The first kappa shape index (κ1) is 12.8. The molecule has 0 unspecified atom stereocenters. The largest absolute Gasteiger partial charge is 0.417 e. The zero-order chi connectivity index (χ0) is 12.3. The van der Waals surface area contributed by atoms with Crippen molar-refractivity contribution in [3.05, 3.63) is 39.9 Å². The highest BCUT2D eigenvalue weighted by molar-refractivity contribution is 9.10. The first-order chi connectivity index (χ1) is 7.30. The molecule has 0 bridgehead atoms. The SMILES string of the molecule is NC(=O)C=Cc1ccc(Br)cc1C(F)(F)F. The fourth-order valence-corrected chi connectivity index (χ4v) is 1.45. The summed E-state index contributed by atoms with van der Waals surface area (Å²) in [7, 11) is 0. The minimum atomic E-state index is -4.47. The molecule has 0 spiro atoms. The molecular weight excluding hydrogens is 287 g/mol. The summed E-state index contributed by atoms with van der Waals surface area (Å²) in [6.07, 6.45) is -2.54. The predicted octanol–water partition coefficient (Wildman–Crippen LogP) is 2.97. The van der Waals surface area contributed by atoms with E-state index in [1.54, 1.807) is 0 Å². The zero-order valence-electron chi connectivity index (χ0n) is 7.88. The summed E-state index contributed by atoms with van der Waals surface area (Å²) in [4.78, 5) is 10.4. The Bertz CT molecular complexity index is 440. The van der Waals surface area contributed by atoms with Gasteiger partial charge in [0.05, 0.1) is 5.56 Å². The van der Waals surface area contributed by atoms with Crippen LogP contribution in [-0.2, 0) is 11.0 Å². The minimum absolute atomic E-state index is 0.102. The number of amides is 1. The van der Waals surface area contributed by atoms with Crippen LogP contribution in [0.4, 0.5) is 13.2 Å². The highest BCUT2D eigenvalue weighted by atomic mass is 79.9. The Hall–Kier alpha value is -1.30. The Kier molecular flexibility index (Phi) is 3.74. The van der Waals surface area contributed by atoms with Gasteiger partial charge in [-0.1, -0.05) is 22.0 Å². The maximum absolute atomic E-state index is 12.6. The van der Waals surface area contributed by atoms with Crippen LogP contribution in [0, 0.1) is 0 Å². The summed E-state index contributed by atoms with van der Waals surface area (Å²) in [5.74, 6) is -0.795. The van der Waals surface area contributed by atoms with Crippen LogP contribution in [0.25, 0.3) is 6.08 Å². The molecule has 0 aromatic heterocycles. The molecule has 2 nitrogen and oxygen atoms in total. The third-order valence-electron chi connectivity index (χ3n) is 1.75. The molecule has 0 aliphatic heterocycles. The quantitative estimate of drug-likeness (QED) is 0.837. The van der Waals surface area contributed by atoms with Crippen molar-refractivity contribution in [3.8, 4) is 0 Å². The average Bonchev–Trinajstić information content (AvgIpc) is 2.14. The van der Waals surface area contributed by atoms with Crippen LogP contribution < -0.4 is 5.73 Å². The number of nitrogens with two attached hydrogens (primary N) is 1. The van der Waals surface area contributed by atoms with E-state index < -0.39 is 17.6 Å². The van der Waals surface area contributed by atoms with E-state index >= 15 is 0 Å². The van der Waals surface area contributed by atoms with Gasteiger partial charge in [0, 0.05) is 10.5 Å². The molecule has 0 atom stereocenters. The topological polar surface area (TPSA) is 43.1 Å². The van der Waals surface area contributed by atoms with Crippen molar-refractivity contribution in [1.82, 2.24) is 0 Å². The second kappa shape index (κ2) is 4.69. The molecule has 1 amide bonds. The van der Waals surface area contributed by atoms with Gasteiger partial charge >= 0.3 is 6.18 Å². The Morgan fingerprint density at radius 3 is 2.50 bits per heavy atom. The molecule has 1 aromatic carbocycles. The highest BCUT2D eigenvalue weighted by Gasteiger charge is 2.32. The second-order valence-electron chi connectivity index (χ2n) is 2.97. The van der Waals surface area contributed by atoms with Gasteiger partial charge in [0.2, 0.25) is 5.91 Å². The average molecular weight is 294 g/mol. The smallest absolute Gasteiger partial charge is 0.366 e. The van der Waals surface area contributed by atoms with E-state index in [0.717, 1.165) is 18.2 Å². The Morgan fingerprint density at radius 2 is 2.00 bits per heavy atom. The number of alkyl halides is 3. The van der Waals surface area contributed by atoms with Crippen molar-refractivity contribution in [1.29, 1.82) is 0 Å². The normalized spacial score (nSPS) is 12.0. The first-order valence-electron chi connectivity index (χ1n) is 4.15. The van der Waals surface area contributed by atoms with E-state index in [-0.39, 0.29) is 5.56 Å². The molecule has 0 aliphatic rings. The minimum Gasteiger partial charge on any atom is -0.366 e.